The van der Waals surface area contributed by atoms with Crippen molar-refractivity contribution >= 4 is 63.0 Å². The van der Waals surface area contributed by atoms with E-state index in [4.69, 9.17) is 4.66 Å². The molecule has 1 radical (unpaired) electrons. The fourth-order valence-electron chi connectivity index (χ4n) is 14.7. The molecule has 2 atom stereocenters. The zero-order valence-corrected chi connectivity index (χ0v) is 48.5. The lowest BCUT2D eigenvalue weighted by Crippen LogP contribution is -2.94. The molecule has 0 amide bonds. The highest BCUT2D eigenvalue weighted by molar-refractivity contribution is 8.77. The molecule has 2 unspecified atom stereocenters. The van der Waals surface area contributed by atoms with E-state index in [1.54, 1.807) is 0 Å². The second kappa shape index (κ2) is 11.7. The summed E-state index contributed by atoms with van der Waals surface area (Å²) in [5, 5.41) is 2.84. The van der Waals surface area contributed by atoms with Gasteiger partial charge in [0.15, 0.2) is 7.99 Å². The molecule has 0 aromatic carbocycles. The first kappa shape index (κ1) is 47.6. The van der Waals surface area contributed by atoms with Crippen LogP contribution in [0.1, 0.15) is 187 Å². The standard InChI is InChI=1S/C41H94NSi8/c1-33(2,3)32-42-43-48(44(28,34(4,5)6)35(7,8)9)49(43,45(29,36(10,11)12)37(13,14)15)50(48,46(30,38(16,17)18)39(19,20)21)47(31,40(22,23)24)41(25,26)27/h32H,1-31H3. The summed E-state index contributed by atoms with van der Waals surface area (Å²) >= 11 is 0. The third-order valence-corrected chi connectivity index (χ3v) is 289. The second-order valence-corrected chi connectivity index (χ2v) is 125. The van der Waals surface area contributed by atoms with Gasteiger partial charge in [0, 0.05) is 48.8 Å². The van der Waals surface area contributed by atoms with Crippen molar-refractivity contribution in [3.05, 3.63) is 0 Å². The lowest BCUT2D eigenvalue weighted by atomic mass is 10.00. The van der Waals surface area contributed by atoms with E-state index in [9.17, 15) is 0 Å². The normalized spacial score (nSPS) is 25.7. The van der Waals surface area contributed by atoms with Gasteiger partial charge in [0.25, 0.3) is 0 Å². The van der Waals surface area contributed by atoms with Crippen molar-refractivity contribution in [1.29, 1.82) is 0 Å². The monoisotopic (exact) mass is 825 g/mol. The zero-order valence-electron chi connectivity index (χ0n) is 40.5. The zero-order chi connectivity index (χ0) is 41.0. The molecule has 2 fully saturated rings. The Balaban J connectivity index is 3.99. The molecule has 0 aromatic rings. The second-order valence-electron chi connectivity index (χ2n) is 27.7. The minimum absolute atomic E-state index is 0.133. The smallest absolute Gasteiger partial charge is 0.153 e. The maximum atomic E-state index is 6.47. The fourth-order valence-corrected chi connectivity index (χ4v) is 667. The molecular weight excluding hydrogens is 731 g/mol. The van der Waals surface area contributed by atoms with Crippen LogP contribution < -0.4 is 0 Å². The van der Waals surface area contributed by atoms with Crippen molar-refractivity contribution in [2.75, 3.05) is 0 Å². The summed E-state index contributed by atoms with van der Waals surface area (Å²) in [5.41, 5.74) is 0.133. The average Bonchev–Trinajstić information content (AvgIpc) is 3.60. The quantitative estimate of drug-likeness (QED) is 0.193. The third-order valence-electron chi connectivity index (χ3n) is 17.9. The van der Waals surface area contributed by atoms with E-state index in [1.807, 2.05) is 0 Å². The van der Waals surface area contributed by atoms with Crippen molar-refractivity contribution < 1.29 is 0 Å². The van der Waals surface area contributed by atoms with Gasteiger partial charge in [-0.2, -0.15) is 0 Å². The molecule has 0 saturated carbocycles. The van der Waals surface area contributed by atoms with Crippen LogP contribution in [0.25, 0.3) is 0 Å². The van der Waals surface area contributed by atoms with Crippen molar-refractivity contribution in [1.82, 2.24) is 0 Å². The summed E-state index contributed by atoms with van der Waals surface area (Å²) in [5.74, 6) is 0. The predicted octanol–water partition coefficient (Wildman–Crippen LogP) is 14.9. The molecule has 9 heteroatoms. The minimum atomic E-state index is -2.09. The van der Waals surface area contributed by atoms with E-state index in [0.29, 0.717) is 40.3 Å². The maximum absolute atomic E-state index is 6.47. The van der Waals surface area contributed by atoms with E-state index in [1.165, 1.54) is 0 Å². The van der Waals surface area contributed by atoms with Crippen LogP contribution in [0.4, 0.5) is 0 Å². The van der Waals surface area contributed by atoms with Crippen molar-refractivity contribution in [3.8, 4) is 0 Å². The Bertz CT molecular complexity index is 1180. The molecule has 2 saturated heterocycles. The van der Waals surface area contributed by atoms with Crippen LogP contribution in [0.2, 0.25) is 66.5 Å². The Morgan fingerprint density at radius 1 is 0.340 bits per heavy atom. The Labute approximate surface area is 324 Å². The number of hydrogen-bond acceptors (Lipinski definition) is 1. The Hall–Kier alpha value is 1.41. The topological polar surface area (TPSA) is 12.4 Å². The maximum Gasteiger partial charge on any atom is 0.153 e. The van der Waals surface area contributed by atoms with Gasteiger partial charge in [-0.15, -0.1) is 0 Å². The van der Waals surface area contributed by atoms with Gasteiger partial charge in [-0.25, -0.2) is 0 Å². The summed E-state index contributed by atoms with van der Waals surface area (Å²) in [7, 11) is -9.12. The van der Waals surface area contributed by atoms with Gasteiger partial charge in [-0.3, -0.25) is 0 Å². The highest BCUT2D eigenvalue weighted by atomic mass is 31.0. The summed E-state index contributed by atoms with van der Waals surface area (Å²) < 4.78 is 6.47. The lowest BCUT2D eigenvalue weighted by molar-refractivity contribution is 0.608. The summed E-state index contributed by atoms with van der Waals surface area (Å²) in [6.45, 7) is 87.2. The highest BCUT2D eigenvalue weighted by Gasteiger charge is 3.21. The van der Waals surface area contributed by atoms with Crippen molar-refractivity contribution in [2.24, 2.45) is 10.1 Å². The first-order valence-electron chi connectivity index (χ1n) is 20.5. The van der Waals surface area contributed by atoms with E-state index >= 15 is 0 Å². The molecule has 0 aliphatic carbocycles. The molecule has 2 heterocycles. The summed E-state index contributed by atoms with van der Waals surface area (Å²) in [6, 6.07) is 0. The summed E-state index contributed by atoms with van der Waals surface area (Å²) in [6.07, 6.45) is -3.44. The van der Waals surface area contributed by atoms with E-state index in [0.717, 1.165) is 0 Å². The van der Waals surface area contributed by atoms with Gasteiger partial charge in [0.05, 0.1) is 0 Å². The molecule has 2 aliphatic heterocycles. The van der Waals surface area contributed by atoms with Crippen LogP contribution in [0.5, 0.6) is 0 Å². The Morgan fingerprint density at radius 2 is 0.520 bits per heavy atom. The van der Waals surface area contributed by atoms with Crippen molar-refractivity contribution in [2.45, 2.75) is 253 Å². The molecule has 0 aromatic heterocycles. The lowest BCUT2D eigenvalue weighted by Gasteiger charge is -2.73. The van der Waals surface area contributed by atoms with Crippen LogP contribution in [0.15, 0.2) is 4.66 Å². The fraction of sp³-hybridized carbons (Fsp3) is 0.976. The van der Waals surface area contributed by atoms with Gasteiger partial charge in [0.2, 0.25) is 0 Å². The third kappa shape index (κ3) is 5.12. The van der Waals surface area contributed by atoms with Crippen LogP contribution in [-0.2, 0) is 0 Å². The van der Waals surface area contributed by atoms with Crippen LogP contribution in [0.3, 0.4) is 0 Å². The van der Waals surface area contributed by atoms with Crippen molar-refractivity contribution in [3.63, 3.8) is 0 Å². The highest BCUT2D eigenvalue weighted by Crippen LogP contribution is 2.92. The molecule has 295 valence electrons. The molecule has 1 nitrogen and oxygen atoms in total. The van der Waals surface area contributed by atoms with Gasteiger partial charge in [-0.1, -0.05) is 213 Å². The van der Waals surface area contributed by atoms with Gasteiger partial charge in [0.1, 0.15) is 0 Å². The van der Waals surface area contributed by atoms with E-state index in [2.05, 4.69) is 219 Å². The van der Waals surface area contributed by atoms with E-state index < -0.39 is 56.8 Å². The van der Waals surface area contributed by atoms with E-state index in [-0.39, 0.29) is 5.41 Å². The SMILES string of the molecule is CC(C)(C)C=N[Si]1[Si]2([Si](C)(C(C)(C)C)C(C)(C)C)[Si]1([Si](C)(C(C)(C)C)C(C)(C)C)[Si]2([Si](C)(C(C)(C)C)C(C)(C)C)[Si](C)(C(C)(C)C)C(C)(C)C. The summed E-state index contributed by atoms with van der Waals surface area (Å²) in [4.78, 5) is 0. The largest absolute Gasteiger partial charge is 0.342 e. The molecule has 2 aliphatic rings. The van der Waals surface area contributed by atoms with Gasteiger partial charge >= 0.3 is 0 Å². The molecule has 50 heavy (non-hydrogen) atoms. The number of hydrogen-bond donors (Lipinski definition) is 0. The van der Waals surface area contributed by atoms with Gasteiger partial charge in [-0.05, 0) is 51.9 Å². The molecule has 2 rings (SSSR count). The number of rotatable bonds is 5. The van der Waals surface area contributed by atoms with Crippen LogP contribution in [0, 0.1) is 5.41 Å². The first-order chi connectivity index (χ1) is 21.1. The Kier molecular flexibility index (Phi) is 11.2. The minimum Gasteiger partial charge on any atom is -0.342 e. The first-order valence-corrected chi connectivity index (χ1v) is 47.0. The number of fused-ring (bicyclic) bond motifs is 1. The number of nitrogens with zero attached hydrogens (tertiary/aromatic N) is 1. The molecule has 0 bridgehead atoms. The molecule has 0 N–H and O–H groups in total. The average molecular weight is 826 g/mol. The van der Waals surface area contributed by atoms with Gasteiger partial charge < -0.3 is 4.66 Å². The van der Waals surface area contributed by atoms with Crippen LogP contribution >= 0.6 is 0 Å². The predicted molar refractivity (Wildman–Crippen MR) is 255 cm³/mol. The van der Waals surface area contributed by atoms with Crippen LogP contribution in [-0.4, -0.2) is 63.0 Å². The Morgan fingerprint density at radius 3 is 0.660 bits per heavy atom. The molecule has 0 spiro atoms. The molecular formula is C41H94NSi8.